The molecule has 0 saturated carbocycles. The predicted molar refractivity (Wildman–Crippen MR) is 88.6 cm³/mol. The fraction of sp³-hybridized carbons (Fsp3) is 0.611. The van der Waals surface area contributed by atoms with Crippen LogP contribution in [0.5, 0.6) is 0 Å². The van der Waals surface area contributed by atoms with Crippen LogP contribution in [0.3, 0.4) is 0 Å². The summed E-state index contributed by atoms with van der Waals surface area (Å²) in [4.78, 5) is 11.5. The Morgan fingerprint density at radius 1 is 1.14 bits per heavy atom. The highest BCUT2D eigenvalue weighted by atomic mass is 16.4. The molecule has 21 heavy (non-hydrogen) atoms. The Balaban J connectivity index is 2.48. The number of aliphatic carboxylic acids is 1. The van der Waals surface area contributed by atoms with E-state index in [-0.39, 0.29) is 0 Å². The summed E-state index contributed by atoms with van der Waals surface area (Å²) in [6.45, 7) is 4.13. The molecule has 0 aliphatic carbocycles. The van der Waals surface area contributed by atoms with Gasteiger partial charge in [0.1, 0.15) is 0 Å². The zero-order valence-electron chi connectivity index (χ0n) is 13.4. The van der Waals surface area contributed by atoms with E-state index in [2.05, 4.69) is 6.92 Å². The molecule has 0 heterocycles. The molecule has 118 valence electrons. The minimum absolute atomic E-state index is 0.472. The van der Waals surface area contributed by atoms with Crippen molar-refractivity contribution in [1.29, 1.82) is 0 Å². The van der Waals surface area contributed by atoms with Gasteiger partial charge in [-0.05, 0) is 24.5 Å². The monoisotopic (exact) mass is 291 g/mol. The van der Waals surface area contributed by atoms with Crippen molar-refractivity contribution < 1.29 is 9.90 Å². The SMILES string of the molecule is CCCCCCCCCC(C(=O)O)c1cccc(C)c1N. The maximum Gasteiger partial charge on any atom is 0.311 e. The van der Waals surface area contributed by atoms with Gasteiger partial charge in [0.15, 0.2) is 0 Å². The molecule has 0 amide bonds. The van der Waals surface area contributed by atoms with Gasteiger partial charge < -0.3 is 10.8 Å². The number of carbonyl (C=O) groups is 1. The number of hydrogen-bond acceptors (Lipinski definition) is 2. The van der Waals surface area contributed by atoms with Crippen molar-refractivity contribution in [3.63, 3.8) is 0 Å². The molecule has 0 aromatic heterocycles. The topological polar surface area (TPSA) is 63.3 Å². The van der Waals surface area contributed by atoms with Gasteiger partial charge in [-0.3, -0.25) is 4.79 Å². The van der Waals surface area contributed by atoms with E-state index in [0.29, 0.717) is 12.1 Å². The fourth-order valence-corrected chi connectivity index (χ4v) is 2.72. The number of anilines is 1. The smallest absolute Gasteiger partial charge is 0.311 e. The highest BCUT2D eigenvalue weighted by Crippen LogP contribution is 2.29. The van der Waals surface area contributed by atoms with E-state index in [4.69, 9.17) is 5.73 Å². The molecule has 3 N–H and O–H groups in total. The van der Waals surface area contributed by atoms with Crippen molar-refractivity contribution in [1.82, 2.24) is 0 Å². The number of nitrogen functional groups attached to an aromatic ring is 1. The molecule has 1 aromatic carbocycles. The number of rotatable bonds is 10. The van der Waals surface area contributed by atoms with E-state index >= 15 is 0 Å². The molecule has 0 fully saturated rings. The summed E-state index contributed by atoms with van der Waals surface area (Å²) in [7, 11) is 0. The number of carboxylic acids is 1. The van der Waals surface area contributed by atoms with Gasteiger partial charge in [-0.25, -0.2) is 0 Å². The minimum Gasteiger partial charge on any atom is -0.481 e. The van der Waals surface area contributed by atoms with Gasteiger partial charge in [0.2, 0.25) is 0 Å². The third-order valence-corrected chi connectivity index (χ3v) is 4.13. The second-order valence-corrected chi connectivity index (χ2v) is 5.88. The van der Waals surface area contributed by atoms with Crippen molar-refractivity contribution in [2.75, 3.05) is 5.73 Å². The zero-order chi connectivity index (χ0) is 15.7. The molecule has 0 saturated heterocycles. The highest BCUT2D eigenvalue weighted by Gasteiger charge is 2.21. The number of unbranched alkanes of at least 4 members (excludes halogenated alkanes) is 6. The Kier molecular flexibility index (Phi) is 7.88. The summed E-state index contributed by atoms with van der Waals surface area (Å²) in [6, 6.07) is 5.66. The van der Waals surface area contributed by atoms with Crippen molar-refractivity contribution in [2.24, 2.45) is 0 Å². The molecule has 0 aliphatic heterocycles. The van der Waals surface area contributed by atoms with E-state index in [1.165, 1.54) is 32.1 Å². The van der Waals surface area contributed by atoms with Crippen molar-refractivity contribution >= 4 is 11.7 Å². The molecule has 1 atom stereocenters. The van der Waals surface area contributed by atoms with Gasteiger partial charge in [0.25, 0.3) is 0 Å². The molecule has 1 unspecified atom stereocenters. The van der Waals surface area contributed by atoms with E-state index in [1.807, 2.05) is 25.1 Å². The molecular weight excluding hydrogens is 262 g/mol. The van der Waals surface area contributed by atoms with Crippen LogP contribution in [-0.4, -0.2) is 11.1 Å². The van der Waals surface area contributed by atoms with Crippen molar-refractivity contribution in [3.8, 4) is 0 Å². The van der Waals surface area contributed by atoms with Crippen LogP contribution in [0.25, 0.3) is 0 Å². The first-order valence-electron chi connectivity index (χ1n) is 8.15. The second-order valence-electron chi connectivity index (χ2n) is 5.88. The fourth-order valence-electron chi connectivity index (χ4n) is 2.72. The first-order chi connectivity index (χ1) is 10.1. The first-order valence-corrected chi connectivity index (χ1v) is 8.15. The minimum atomic E-state index is -0.765. The van der Waals surface area contributed by atoms with E-state index in [9.17, 15) is 9.90 Å². The molecule has 1 rings (SSSR count). The average Bonchev–Trinajstić information content (AvgIpc) is 2.45. The van der Waals surface area contributed by atoms with Crippen LogP contribution in [-0.2, 0) is 4.79 Å². The summed E-state index contributed by atoms with van der Waals surface area (Å²) < 4.78 is 0. The number of hydrogen-bond donors (Lipinski definition) is 2. The van der Waals surface area contributed by atoms with E-state index in [0.717, 1.165) is 24.0 Å². The molecular formula is C18H29NO2. The average molecular weight is 291 g/mol. The predicted octanol–water partition coefficient (Wildman–Crippen LogP) is 4.89. The summed E-state index contributed by atoms with van der Waals surface area (Å²) in [6.07, 6.45) is 9.06. The molecule has 0 aliphatic rings. The number of aryl methyl sites for hydroxylation is 1. The lowest BCUT2D eigenvalue weighted by Crippen LogP contribution is -2.14. The van der Waals surface area contributed by atoms with Gasteiger partial charge in [-0.1, -0.05) is 70.1 Å². The summed E-state index contributed by atoms with van der Waals surface area (Å²) in [5, 5.41) is 9.46. The number of benzene rings is 1. The third kappa shape index (κ3) is 5.78. The standard InChI is InChI=1S/C18H29NO2/c1-3-4-5-6-7-8-9-12-16(18(20)21)15-13-10-11-14(2)17(15)19/h10-11,13,16H,3-9,12,19H2,1-2H3,(H,20,21). The van der Waals surface area contributed by atoms with Crippen LogP contribution in [0.4, 0.5) is 5.69 Å². The van der Waals surface area contributed by atoms with E-state index in [1.54, 1.807) is 0 Å². The molecule has 0 radical (unpaired) electrons. The van der Waals surface area contributed by atoms with E-state index < -0.39 is 11.9 Å². The Hall–Kier alpha value is -1.51. The van der Waals surface area contributed by atoms with Crippen LogP contribution < -0.4 is 5.73 Å². The lowest BCUT2D eigenvalue weighted by molar-refractivity contribution is -0.139. The second kappa shape index (κ2) is 9.43. The summed E-state index contributed by atoms with van der Waals surface area (Å²) in [5.41, 5.74) is 8.40. The third-order valence-electron chi connectivity index (χ3n) is 4.13. The Morgan fingerprint density at radius 3 is 2.38 bits per heavy atom. The largest absolute Gasteiger partial charge is 0.481 e. The zero-order valence-corrected chi connectivity index (χ0v) is 13.4. The Labute approximate surface area is 128 Å². The molecule has 3 heteroatoms. The number of para-hydroxylation sites is 1. The van der Waals surface area contributed by atoms with Crippen LogP contribution in [0.1, 0.15) is 75.3 Å². The summed E-state index contributed by atoms with van der Waals surface area (Å²) >= 11 is 0. The van der Waals surface area contributed by atoms with Crippen molar-refractivity contribution in [3.05, 3.63) is 29.3 Å². The first kappa shape index (κ1) is 17.5. The maximum atomic E-state index is 11.5. The molecule has 0 bridgehead atoms. The Morgan fingerprint density at radius 2 is 1.76 bits per heavy atom. The molecule has 1 aromatic rings. The van der Waals surface area contributed by atoms with Crippen LogP contribution in [0.15, 0.2) is 18.2 Å². The van der Waals surface area contributed by atoms with Gasteiger partial charge in [0.05, 0.1) is 5.92 Å². The lowest BCUT2D eigenvalue weighted by Gasteiger charge is -2.16. The Bertz CT molecular complexity index is 443. The van der Waals surface area contributed by atoms with Crippen molar-refractivity contribution in [2.45, 2.75) is 71.1 Å². The normalized spacial score (nSPS) is 12.3. The maximum absolute atomic E-state index is 11.5. The van der Waals surface area contributed by atoms with Crippen LogP contribution in [0.2, 0.25) is 0 Å². The van der Waals surface area contributed by atoms with Gasteiger partial charge in [-0.2, -0.15) is 0 Å². The lowest BCUT2D eigenvalue weighted by atomic mass is 9.90. The van der Waals surface area contributed by atoms with Gasteiger partial charge >= 0.3 is 5.97 Å². The van der Waals surface area contributed by atoms with Gasteiger partial charge in [-0.15, -0.1) is 0 Å². The molecule has 0 spiro atoms. The highest BCUT2D eigenvalue weighted by molar-refractivity contribution is 5.79. The number of nitrogens with two attached hydrogens (primary N) is 1. The molecule has 3 nitrogen and oxygen atoms in total. The summed E-state index contributed by atoms with van der Waals surface area (Å²) in [5.74, 6) is -1.24. The van der Waals surface area contributed by atoms with Gasteiger partial charge in [0, 0.05) is 5.69 Å². The van der Waals surface area contributed by atoms with Crippen LogP contribution in [0, 0.1) is 6.92 Å². The number of carboxylic acid groups (broad SMARTS) is 1. The van der Waals surface area contributed by atoms with Crippen LogP contribution >= 0.6 is 0 Å². The quantitative estimate of drug-likeness (QED) is 0.476.